The molecule has 0 unspecified atom stereocenters. The molecule has 3 rings (SSSR count). The van der Waals surface area contributed by atoms with E-state index in [9.17, 15) is 9.59 Å². The van der Waals surface area contributed by atoms with Gasteiger partial charge in [0.1, 0.15) is 12.3 Å². The van der Waals surface area contributed by atoms with Gasteiger partial charge in [-0.2, -0.15) is 0 Å². The van der Waals surface area contributed by atoms with Gasteiger partial charge < -0.3 is 14.8 Å². The van der Waals surface area contributed by atoms with Gasteiger partial charge in [0, 0.05) is 21.6 Å². The van der Waals surface area contributed by atoms with Gasteiger partial charge in [-0.05, 0) is 43.7 Å². The van der Waals surface area contributed by atoms with E-state index in [0.717, 1.165) is 10.5 Å². The summed E-state index contributed by atoms with van der Waals surface area (Å²) >= 11 is 9.70. The number of hydrogen-bond donors (Lipinski definition) is 1. The zero-order valence-corrected chi connectivity index (χ0v) is 18.3. The van der Waals surface area contributed by atoms with Crippen molar-refractivity contribution in [1.82, 2.24) is 10.2 Å². The lowest BCUT2D eigenvalue weighted by molar-refractivity contribution is -0.122. The van der Waals surface area contributed by atoms with E-state index < -0.39 is 6.03 Å². The van der Waals surface area contributed by atoms with Crippen molar-refractivity contribution in [2.24, 2.45) is 0 Å². The molecule has 3 amide bonds. The van der Waals surface area contributed by atoms with Crippen molar-refractivity contribution in [3.63, 3.8) is 0 Å². The van der Waals surface area contributed by atoms with Gasteiger partial charge in [0.25, 0.3) is 5.91 Å². The molecule has 8 heteroatoms. The van der Waals surface area contributed by atoms with Crippen molar-refractivity contribution in [1.29, 1.82) is 0 Å². The number of ether oxygens (including phenoxy) is 2. The third kappa shape index (κ3) is 4.74. The van der Waals surface area contributed by atoms with Crippen LogP contribution in [0.25, 0.3) is 6.08 Å². The molecule has 2 aromatic rings. The number of nitrogens with zero attached hydrogens (tertiary/aromatic N) is 1. The van der Waals surface area contributed by atoms with E-state index in [1.807, 2.05) is 25.1 Å². The Morgan fingerprint density at radius 1 is 1.14 bits per heavy atom. The van der Waals surface area contributed by atoms with E-state index >= 15 is 0 Å². The first-order valence-electron chi connectivity index (χ1n) is 9.11. The smallest absolute Gasteiger partial charge is 0.328 e. The number of likely N-dealkylation sites (N-methyl/N-ethyl adjacent to an activating group) is 1. The fourth-order valence-corrected chi connectivity index (χ4v) is 3.45. The average molecular weight is 480 g/mol. The molecule has 6 nitrogen and oxygen atoms in total. The molecule has 0 radical (unpaired) electrons. The summed E-state index contributed by atoms with van der Waals surface area (Å²) in [5.41, 5.74) is 1.75. The highest BCUT2D eigenvalue weighted by molar-refractivity contribution is 9.10. The number of halogens is 2. The molecule has 0 aliphatic carbocycles. The molecule has 152 valence electrons. The molecule has 1 fully saturated rings. The summed E-state index contributed by atoms with van der Waals surface area (Å²) in [4.78, 5) is 25.3. The normalized spacial score (nSPS) is 15.0. The van der Waals surface area contributed by atoms with Crippen LogP contribution in [-0.2, 0) is 11.4 Å². The van der Waals surface area contributed by atoms with E-state index in [-0.39, 0.29) is 18.2 Å². The van der Waals surface area contributed by atoms with Crippen LogP contribution in [0.3, 0.4) is 0 Å². The monoisotopic (exact) mass is 478 g/mol. The number of nitrogens with one attached hydrogen (secondary N) is 1. The Balaban J connectivity index is 1.88. The number of benzene rings is 2. The van der Waals surface area contributed by atoms with E-state index in [1.54, 1.807) is 31.2 Å². The van der Waals surface area contributed by atoms with Crippen LogP contribution in [0.5, 0.6) is 11.5 Å². The molecule has 1 heterocycles. The van der Waals surface area contributed by atoms with Crippen LogP contribution < -0.4 is 14.8 Å². The van der Waals surface area contributed by atoms with Crippen molar-refractivity contribution in [2.45, 2.75) is 20.5 Å². The minimum Gasteiger partial charge on any atom is -0.490 e. The highest BCUT2D eigenvalue weighted by Crippen LogP contribution is 2.36. The fourth-order valence-electron chi connectivity index (χ4n) is 2.83. The van der Waals surface area contributed by atoms with Gasteiger partial charge in [0.2, 0.25) is 0 Å². The lowest BCUT2D eigenvalue weighted by atomic mass is 10.1. The second-order valence-electron chi connectivity index (χ2n) is 6.17. The molecule has 2 aromatic carbocycles. The Hall–Kier alpha value is -2.51. The van der Waals surface area contributed by atoms with E-state index in [0.29, 0.717) is 39.7 Å². The summed E-state index contributed by atoms with van der Waals surface area (Å²) in [7, 11) is 0. The average Bonchev–Trinajstić information content (AvgIpc) is 2.96. The van der Waals surface area contributed by atoms with Gasteiger partial charge in [-0.1, -0.05) is 45.7 Å². The Morgan fingerprint density at radius 2 is 1.86 bits per heavy atom. The zero-order valence-electron chi connectivity index (χ0n) is 16.0. The minimum atomic E-state index is -0.426. The van der Waals surface area contributed by atoms with Crippen LogP contribution in [0, 0.1) is 0 Å². The highest BCUT2D eigenvalue weighted by Gasteiger charge is 2.32. The van der Waals surface area contributed by atoms with Gasteiger partial charge in [-0.25, -0.2) is 4.79 Å². The van der Waals surface area contributed by atoms with Crippen LogP contribution in [-0.4, -0.2) is 30.0 Å². The summed E-state index contributed by atoms with van der Waals surface area (Å²) in [5.74, 6) is 0.706. The summed E-state index contributed by atoms with van der Waals surface area (Å²) in [6.07, 6.45) is 1.61. The Labute approximate surface area is 182 Å². The van der Waals surface area contributed by atoms with Gasteiger partial charge >= 0.3 is 6.03 Å². The maximum absolute atomic E-state index is 12.3. The predicted molar refractivity (Wildman–Crippen MR) is 115 cm³/mol. The Kier molecular flexibility index (Phi) is 6.82. The fraction of sp³-hybridized carbons (Fsp3) is 0.238. The summed E-state index contributed by atoms with van der Waals surface area (Å²) < 4.78 is 12.3. The van der Waals surface area contributed by atoms with Crippen molar-refractivity contribution in [2.75, 3.05) is 13.2 Å². The third-order valence-electron chi connectivity index (χ3n) is 4.28. The summed E-state index contributed by atoms with van der Waals surface area (Å²) in [6, 6.07) is 10.6. The number of carbonyl (C=O) groups excluding carboxylic acids is 2. The number of urea groups is 1. The summed E-state index contributed by atoms with van der Waals surface area (Å²) in [5, 5.41) is 3.22. The highest BCUT2D eigenvalue weighted by atomic mass is 79.9. The third-order valence-corrected chi connectivity index (χ3v) is 5.34. The first kappa shape index (κ1) is 21.2. The molecule has 1 aliphatic heterocycles. The Morgan fingerprint density at radius 3 is 2.52 bits per heavy atom. The molecule has 1 N–H and O–H groups in total. The van der Waals surface area contributed by atoms with Crippen LogP contribution in [0.15, 0.2) is 46.6 Å². The lowest BCUT2D eigenvalue weighted by Gasteiger charge is -2.15. The predicted octanol–water partition coefficient (Wildman–Crippen LogP) is 4.99. The maximum Gasteiger partial charge on any atom is 0.328 e. The van der Waals surface area contributed by atoms with Gasteiger partial charge in [-0.3, -0.25) is 9.69 Å². The molecule has 0 aromatic heterocycles. The topological polar surface area (TPSA) is 67.9 Å². The number of amides is 3. The molecule has 29 heavy (non-hydrogen) atoms. The maximum atomic E-state index is 12.3. The lowest BCUT2D eigenvalue weighted by Crippen LogP contribution is -2.30. The first-order chi connectivity index (χ1) is 13.9. The van der Waals surface area contributed by atoms with Crippen LogP contribution in [0.4, 0.5) is 4.79 Å². The minimum absolute atomic E-state index is 0.213. The molecule has 1 saturated heterocycles. The molecule has 0 saturated carbocycles. The van der Waals surface area contributed by atoms with Gasteiger partial charge in [-0.15, -0.1) is 0 Å². The zero-order chi connectivity index (χ0) is 21.0. The van der Waals surface area contributed by atoms with Crippen LogP contribution in [0.1, 0.15) is 25.0 Å². The molecular weight excluding hydrogens is 460 g/mol. The molecule has 0 atom stereocenters. The first-order valence-corrected chi connectivity index (χ1v) is 10.3. The van der Waals surface area contributed by atoms with Crippen molar-refractivity contribution in [3.05, 3.63) is 62.7 Å². The number of hydrogen-bond acceptors (Lipinski definition) is 4. The second-order valence-corrected chi connectivity index (χ2v) is 7.43. The number of imide groups is 1. The summed E-state index contributed by atoms with van der Waals surface area (Å²) in [6.45, 7) is 4.65. The van der Waals surface area contributed by atoms with Crippen LogP contribution >= 0.6 is 27.5 Å². The standard InChI is InChI=1S/C21H20BrClN2O4/c1-3-25-20(26)17(24-21(25)27)9-14-10-18(28-4-2)19(11-15(14)22)29-12-13-7-5-6-8-16(13)23/h5-11H,3-4,12H2,1-2H3,(H,24,27)/b17-9+. The van der Waals surface area contributed by atoms with Gasteiger partial charge in [0.05, 0.1) is 6.61 Å². The Bertz CT molecular complexity index is 977. The van der Waals surface area contributed by atoms with Crippen molar-refractivity contribution >= 4 is 45.5 Å². The van der Waals surface area contributed by atoms with Crippen LogP contribution in [0.2, 0.25) is 5.02 Å². The number of carbonyl (C=O) groups is 2. The van der Waals surface area contributed by atoms with Crippen molar-refractivity contribution < 1.29 is 19.1 Å². The van der Waals surface area contributed by atoms with E-state index in [1.165, 1.54) is 0 Å². The molecule has 1 aliphatic rings. The largest absolute Gasteiger partial charge is 0.490 e. The van der Waals surface area contributed by atoms with Gasteiger partial charge in [0.15, 0.2) is 11.5 Å². The molecule has 0 bridgehead atoms. The number of rotatable bonds is 7. The van der Waals surface area contributed by atoms with Crippen molar-refractivity contribution in [3.8, 4) is 11.5 Å². The second kappa shape index (κ2) is 9.33. The molecular formula is C21H20BrClN2O4. The van der Waals surface area contributed by atoms with E-state index in [4.69, 9.17) is 21.1 Å². The SMILES string of the molecule is CCOc1cc(/C=C2/NC(=O)N(CC)C2=O)c(Br)cc1OCc1ccccc1Cl. The quantitative estimate of drug-likeness (QED) is 0.449. The molecule has 0 spiro atoms. The van der Waals surface area contributed by atoms with E-state index in [2.05, 4.69) is 21.2 Å².